The molecule has 18 heavy (non-hydrogen) atoms. The van der Waals surface area contributed by atoms with Gasteiger partial charge in [-0.15, -0.1) is 0 Å². The van der Waals surface area contributed by atoms with E-state index in [0.29, 0.717) is 0 Å². The summed E-state index contributed by atoms with van der Waals surface area (Å²) in [5.41, 5.74) is 1.50. The predicted molar refractivity (Wildman–Crippen MR) is 82.0 cm³/mol. The summed E-state index contributed by atoms with van der Waals surface area (Å²) in [7, 11) is 0. The van der Waals surface area contributed by atoms with Crippen LogP contribution in [0.15, 0.2) is 30.3 Å². The number of unbranched alkanes of at least 4 members (excludes halogenated alkanes) is 9. The van der Waals surface area contributed by atoms with Crippen LogP contribution in [0.5, 0.6) is 0 Å². The normalized spacial score (nSPS) is 10.7. The van der Waals surface area contributed by atoms with Gasteiger partial charge in [-0.05, 0) is 18.4 Å². The third-order valence-electron chi connectivity index (χ3n) is 3.66. The van der Waals surface area contributed by atoms with Gasteiger partial charge < -0.3 is 0 Å². The highest BCUT2D eigenvalue weighted by Gasteiger charge is 1.94. The van der Waals surface area contributed by atoms with E-state index >= 15 is 0 Å². The zero-order valence-corrected chi connectivity index (χ0v) is 12.2. The van der Waals surface area contributed by atoms with Crippen molar-refractivity contribution in [1.82, 2.24) is 0 Å². The molecule has 0 saturated carbocycles. The number of benzene rings is 1. The molecule has 0 nitrogen and oxygen atoms in total. The summed E-state index contributed by atoms with van der Waals surface area (Å²) < 4.78 is 0. The summed E-state index contributed by atoms with van der Waals surface area (Å²) >= 11 is 0. The first-order valence-electron chi connectivity index (χ1n) is 7.97. The van der Waals surface area contributed by atoms with E-state index in [0.717, 1.165) is 0 Å². The Hall–Kier alpha value is -0.780. The van der Waals surface area contributed by atoms with Crippen LogP contribution < -0.4 is 0 Å². The van der Waals surface area contributed by atoms with Crippen LogP contribution in [0.25, 0.3) is 0 Å². The Kier molecular flexibility index (Phi) is 9.61. The van der Waals surface area contributed by atoms with E-state index in [2.05, 4.69) is 37.3 Å². The van der Waals surface area contributed by atoms with Gasteiger partial charge in [0, 0.05) is 0 Å². The van der Waals surface area contributed by atoms with Crippen LogP contribution in [0.4, 0.5) is 0 Å². The van der Waals surface area contributed by atoms with Crippen LogP contribution >= 0.6 is 0 Å². The Balaban J connectivity index is 1.82. The van der Waals surface area contributed by atoms with Crippen molar-refractivity contribution in [2.45, 2.75) is 77.6 Å². The van der Waals surface area contributed by atoms with Gasteiger partial charge in [-0.2, -0.15) is 0 Å². The molecule has 1 aromatic rings. The average molecular weight is 252 g/mol. The van der Waals surface area contributed by atoms with Crippen LogP contribution in [0.1, 0.15) is 76.7 Å². The van der Waals surface area contributed by atoms with Gasteiger partial charge in [0.25, 0.3) is 0 Å². The van der Waals surface area contributed by atoms with Gasteiger partial charge in [0.05, 0.1) is 0 Å². The summed E-state index contributed by atoms with van der Waals surface area (Å²) in [5.74, 6) is 0. The second-order valence-corrected chi connectivity index (χ2v) is 5.42. The van der Waals surface area contributed by atoms with Crippen molar-refractivity contribution in [3.05, 3.63) is 35.9 Å². The Morgan fingerprint density at radius 3 is 1.67 bits per heavy atom. The van der Waals surface area contributed by atoms with Crippen molar-refractivity contribution >= 4 is 0 Å². The molecule has 0 heteroatoms. The maximum atomic E-state index is 2.28. The minimum absolute atomic E-state index is 1.26. The Morgan fingerprint density at radius 2 is 1.11 bits per heavy atom. The second-order valence-electron chi connectivity index (χ2n) is 5.42. The summed E-state index contributed by atoms with van der Waals surface area (Å²) in [5, 5.41) is 0. The molecule has 0 unspecified atom stereocenters. The lowest BCUT2D eigenvalue weighted by Gasteiger charge is -2.03. The fourth-order valence-corrected chi connectivity index (χ4v) is 2.46. The molecule has 0 fully saturated rings. The zero-order valence-electron chi connectivity index (χ0n) is 12.2. The zero-order chi connectivity index (χ0) is 12.9. The quantitative estimate of drug-likeness (QED) is 0.414. The number of hydrogen-bond acceptors (Lipinski definition) is 0. The summed E-state index contributed by atoms with van der Waals surface area (Å²) in [6.45, 7) is 2.28. The first-order valence-corrected chi connectivity index (χ1v) is 7.97. The third kappa shape index (κ3) is 8.33. The predicted octanol–water partition coefficient (Wildman–Crippen LogP) is 6.15. The molecule has 0 aliphatic carbocycles. The average Bonchev–Trinajstić information content (AvgIpc) is 2.42. The van der Waals surface area contributed by atoms with Crippen LogP contribution in [0.3, 0.4) is 0 Å². The summed E-state index contributed by atoms with van der Waals surface area (Å²) in [6.07, 6.45) is 15.5. The Morgan fingerprint density at radius 1 is 0.611 bits per heavy atom. The first kappa shape index (κ1) is 15.3. The van der Waals surface area contributed by atoms with E-state index in [1.54, 1.807) is 0 Å². The largest absolute Gasteiger partial charge is 0.0654 e. The lowest BCUT2D eigenvalue weighted by atomic mass is 10.1. The SMILES string of the molecule is CCCCCCCCCCCC[13c]1[13cH][13cH][13cH][13cH][13cH]1. The minimum Gasteiger partial charge on any atom is -0.0654 e. The van der Waals surface area contributed by atoms with Crippen molar-refractivity contribution in [3.63, 3.8) is 0 Å². The van der Waals surface area contributed by atoms with Crippen LogP contribution in [0, 0.1) is 0 Å². The molecule has 0 N–H and O–H groups in total. The monoisotopic (exact) mass is 252 g/mol. The second kappa shape index (κ2) is 11.3. The van der Waals surface area contributed by atoms with Gasteiger partial charge in [0.15, 0.2) is 0 Å². The first-order chi connectivity index (χ1) is 8.93. The summed E-state index contributed by atoms with van der Waals surface area (Å²) in [4.78, 5) is 0. The number of hydrogen-bond donors (Lipinski definition) is 0. The van der Waals surface area contributed by atoms with E-state index in [4.69, 9.17) is 0 Å². The fourth-order valence-electron chi connectivity index (χ4n) is 2.46. The number of aryl methyl sites for hydroxylation is 1. The lowest BCUT2D eigenvalue weighted by Crippen LogP contribution is -1.86. The highest BCUT2D eigenvalue weighted by Crippen LogP contribution is 2.12. The molecule has 1 aromatic carbocycles. The molecule has 0 spiro atoms. The van der Waals surface area contributed by atoms with Crippen LogP contribution in [-0.4, -0.2) is 0 Å². The summed E-state index contributed by atoms with van der Waals surface area (Å²) in [6, 6.07) is 10.9. The molecule has 0 aliphatic rings. The fraction of sp³-hybridized carbons (Fsp3) is 0.667. The van der Waals surface area contributed by atoms with Gasteiger partial charge in [-0.25, -0.2) is 0 Å². The molecule has 0 radical (unpaired) electrons. The van der Waals surface area contributed by atoms with Gasteiger partial charge in [0.2, 0.25) is 0 Å². The molecule has 102 valence electrons. The minimum atomic E-state index is 1.26. The van der Waals surface area contributed by atoms with Gasteiger partial charge in [-0.3, -0.25) is 0 Å². The van der Waals surface area contributed by atoms with Crippen molar-refractivity contribution < 1.29 is 0 Å². The Bertz CT molecular complexity index is 263. The van der Waals surface area contributed by atoms with Gasteiger partial charge in [-0.1, -0.05) is 95.0 Å². The van der Waals surface area contributed by atoms with E-state index in [1.807, 2.05) is 0 Å². The maximum absolute atomic E-state index is 2.28. The highest BCUT2D eigenvalue weighted by molar-refractivity contribution is 5.14. The highest BCUT2D eigenvalue weighted by atomic mass is 14.7. The van der Waals surface area contributed by atoms with E-state index < -0.39 is 0 Å². The van der Waals surface area contributed by atoms with Crippen molar-refractivity contribution in [2.24, 2.45) is 0 Å². The molecule has 0 aliphatic heterocycles. The molecule has 1 rings (SSSR count). The molecule has 0 saturated heterocycles. The van der Waals surface area contributed by atoms with E-state index in [-0.39, 0.29) is 0 Å². The molecular weight excluding hydrogens is 222 g/mol. The van der Waals surface area contributed by atoms with Crippen molar-refractivity contribution in [2.75, 3.05) is 0 Å². The Labute approximate surface area is 114 Å². The molecule has 0 atom stereocenters. The molecule has 0 bridgehead atoms. The number of rotatable bonds is 11. The van der Waals surface area contributed by atoms with Gasteiger partial charge >= 0.3 is 0 Å². The standard InChI is InChI=1S/C18H30/c1-2-3-4-5-6-7-8-9-10-12-15-18-16-13-11-14-17-18/h11,13-14,16-17H,2-10,12,15H2,1H3/i11+1,13+1,14+1,16+1,17+1,18+1. The van der Waals surface area contributed by atoms with Crippen LogP contribution in [0.2, 0.25) is 0 Å². The molecule has 0 amide bonds. The molecular formula is C18H30. The smallest absolute Gasteiger partial charge is 0.0279 e. The van der Waals surface area contributed by atoms with Crippen molar-refractivity contribution in [3.8, 4) is 0 Å². The van der Waals surface area contributed by atoms with E-state index in [1.165, 1.54) is 76.2 Å². The molecule has 0 heterocycles. The van der Waals surface area contributed by atoms with Crippen LogP contribution in [-0.2, 0) is 6.42 Å². The van der Waals surface area contributed by atoms with Crippen molar-refractivity contribution in [1.29, 1.82) is 0 Å². The maximum Gasteiger partial charge on any atom is -0.0279 e. The van der Waals surface area contributed by atoms with Gasteiger partial charge in [0.1, 0.15) is 0 Å². The third-order valence-corrected chi connectivity index (χ3v) is 3.66. The topological polar surface area (TPSA) is 0 Å². The van der Waals surface area contributed by atoms with E-state index in [9.17, 15) is 0 Å². The molecule has 0 aromatic heterocycles. The lowest BCUT2D eigenvalue weighted by molar-refractivity contribution is 0.556.